The summed E-state index contributed by atoms with van der Waals surface area (Å²) in [7, 11) is 1.63. The van der Waals surface area contributed by atoms with Crippen molar-refractivity contribution < 1.29 is 13.9 Å². The third kappa shape index (κ3) is 5.51. The fourth-order valence-electron chi connectivity index (χ4n) is 3.58. The van der Waals surface area contributed by atoms with E-state index in [1.807, 2.05) is 53.1 Å². The first-order valence-electron chi connectivity index (χ1n) is 11.2. The lowest BCUT2D eigenvalue weighted by atomic mass is 9.99. The molecule has 0 aliphatic carbocycles. The number of carbonyl (C=O) groups excluding carboxylic acids is 1. The van der Waals surface area contributed by atoms with E-state index in [2.05, 4.69) is 41.5 Å². The van der Waals surface area contributed by atoms with Crippen molar-refractivity contribution in [3.63, 3.8) is 0 Å². The molecule has 1 atom stereocenters. The van der Waals surface area contributed by atoms with Gasteiger partial charge in [0.15, 0.2) is 11.0 Å². The molecule has 0 spiro atoms. The fraction of sp³-hybridized carbons (Fsp3) is 0.269. The van der Waals surface area contributed by atoms with E-state index in [1.54, 1.807) is 13.4 Å². The number of furan rings is 1. The molecule has 0 bridgehead atoms. The molecule has 34 heavy (non-hydrogen) atoms. The van der Waals surface area contributed by atoms with Crippen LogP contribution in [0.25, 0.3) is 11.4 Å². The molecule has 1 N–H and O–H groups in total. The van der Waals surface area contributed by atoms with E-state index in [0.29, 0.717) is 29.2 Å². The number of benzene rings is 2. The van der Waals surface area contributed by atoms with E-state index in [9.17, 15) is 4.79 Å². The number of aromatic nitrogens is 3. The second-order valence-corrected chi connectivity index (χ2v) is 8.88. The summed E-state index contributed by atoms with van der Waals surface area (Å²) >= 11 is 1.33. The zero-order chi connectivity index (χ0) is 23.9. The van der Waals surface area contributed by atoms with Gasteiger partial charge < -0.3 is 14.5 Å². The monoisotopic (exact) mass is 476 g/mol. The van der Waals surface area contributed by atoms with Gasteiger partial charge >= 0.3 is 0 Å². The Hall–Kier alpha value is -3.52. The molecular formula is C26H28N4O3S. The molecule has 1 amide bonds. The van der Waals surface area contributed by atoms with Crippen molar-refractivity contribution in [1.29, 1.82) is 0 Å². The van der Waals surface area contributed by atoms with Crippen molar-refractivity contribution in [3.8, 4) is 17.1 Å². The highest BCUT2D eigenvalue weighted by molar-refractivity contribution is 7.99. The molecule has 0 aliphatic rings. The number of hydrogen-bond donors (Lipinski definition) is 1. The van der Waals surface area contributed by atoms with Gasteiger partial charge in [0, 0.05) is 5.69 Å². The van der Waals surface area contributed by atoms with E-state index in [-0.39, 0.29) is 11.7 Å². The minimum absolute atomic E-state index is 0.104. The smallest absolute Gasteiger partial charge is 0.234 e. The Morgan fingerprint density at radius 2 is 1.91 bits per heavy atom. The molecular weight excluding hydrogens is 448 g/mol. The summed E-state index contributed by atoms with van der Waals surface area (Å²) in [4.78, 5) is 12.6. The first-order chi connectivity index (χ1) is 16.6. The van der Waals surface area contributed by atoms with Crippen LogP contribution in [0.4, 0.5) is 5.69 Å². The summed E-state index contributed by atoms with van der Waals surface area (Å²) in [6.45, 7) is 4.80. The third-order valence-electron chi connectivity index (χ3n) is 5.67. The van der Waals surface area contributed by atoms with Crippen LogP contribution in [0.2, 0.25) is 0 Å². The van der Waals surface area contributed by atoms with Gasteiger partial charge in [-0.15, -0.1) is 10.2 Å². The summed E-state index contributed by atoms with van der Waals surface area (Å²) < 4.78 is 13.0. The molecule has 4 aromatic rings. The van der Waals surface area contributed by atoms with Crippen LogP contribution < -0.4 is 10.1 Å². The maximum atomic E-state index is 12.6. The lowest BCUT2D eigenvalue weighted by Gasteiger charge is -2.12. The van der Waals surface area contributed by atoms with Gasteiger partial charge in [-0.05, 0) is 54.3 Å². The first-order valence-corrected chi connectivity index (χ1v) is 12.2. The average Bonchev–Trinajstić information content (AvgIpc) is 3.53. The zero-order valence-electron chi connectivity index (χ0n) is 19.5. The molecule has 8 heteroatoms. The molecule has 0 aliphatic heterocycles. The minimum atomic E-state index is -0.104. The van der Waals surface area contributed by atoms with Crippen molar-refractivity contribution in [2.45, 2.75) is 37.9 Å². The van der Waals surface area contributed by atoms with Gasteiger partial charge in [0.25, 0.3) is 0 Å². The molecule has 0 radical (unpaired) electrons. The Balaban J connectivity index is 1.50. The first kappa shape index (κ1) is 23.6. The molecule has 0 fully saturated rings. The number of nitrogens with zero attached hydrogens (tertiary/aromatic N) is 3. The second-order valence-electron chi connectivity index (χ2n) is 7.94. The van der Waals surface area contributed by atoms with Crippen LogP contribution in [0.15, 0.2) is 76.5 Å². The largest absolute Gasteiger partial charge is 0.496 e. The highest BCUT2D eigenvalue weighted by Crippen LogP contribution is 2.31. The number of rotatable bonds is 10. The molecule has 0 saturated heterocycles. The summed E-state index contributed by atoms with van der Waals surface area (Å²) in [6, 6.07) is 19.4. The molecule has 0 saturated carbocycles. The van der Waals surface area contributed by atoms with E-state index in [0.717, 1.165) is 23.4 Å². The van der Waals surface area contributed by atoms with Gasteiger partial charge in [-0.1, -0.05) is 49.9 Å². The molecule has 2 aromatic carbocycles. The summed E-state index contributed by atoms with van der Waals surface area (Å²) in [5.74, 6) is 2.72. The Morgan fingerprint density at radius 3 is 2.62 bits per heavy atom. The van der Waals surface area contributed by atoms with Crippen molar-refractivity contribution in [1.82, 2.24) is 14.8 Å². The minimum Gasteiger partial charge on any atom is -0.496 e. The number of methoxy groups -OCH3 is 1. The van der Waals surface area contributed by atoms with Gasteiger partial charge in [0.2, 0.25) is 5.91 Å². The predicted octanol–water partition coefficient (Wildman–Crippen LogP) is 5.84. The molecule has 4 rings (SSSR count). The van der Waals surface area contributed by atoms with Crippen LogP contribution in [0.3, 0.4) is 0 Å². The normalized spacial score (nSPS) is 11.9. The predicted molar refractivity (Wildman–Crippen MR) is 134 cm³/mol. The number of thioether (sulfide) groups is 1. The average molecular weight is 477 g/mol. The quantitative estimate of drug-likeness (QED) is 0.290. The Morgan fingerprint density at radius 1 is 1.12 bits per heavy atom. The Kier molecular flexibility index (Phi) is 7.69. The fourth-order valence-corrected chi connectivity index (χ4v) is 4.32. The van der Waals surface area contributed by atoms with Crippen LogP contribution in [0.1, 0.15) is 37.5 Å². The van der Waals surface area contributed by atoms with Crippen molar-refractivity contribution >= 4 is 23.4 Å². The van der Waals surface area contributed by atoms with Crippen LogP contribution in [0.5, 0.6) is 5.75 Å². The van der Waals surface area contributed by atoms with Gasteiger partial charge in [0.1, 0.15) is 11.5 Å². The highest BCUT2D eigenvalue weighted by atomic mass is 32.2. The maximum Gasteiger partial charge on any atom is 0.234 e. The van der Waals surface area contributed by atoms with Gasteiger partial charge in [-0.2, -0.15) is 0 Å². The van der Waals surface area contributed by atoms with Gasteiger partial charge in [-0.3, -0.25) is 9.36 Å². The number of nitrogens with one attached hydrogen (secondary N) is 1. The number of hydrogen-bond acceptors (Lipinski definition) is 6. The number of amides is 1. The molecule has 176 valence electrons. The third-order valence-corrected chi connectivity index (χ3v) is 6.63. The number of carbonyl (C=O) groups is 1. The Bertz CT molecular complexity index is 1220. The van der Waals surface area contributed by atoms with E-state index < -0.39 is 0 Å². The van der Waals surface area contributed by atoms with Crippen molar-refractivity contribution in [2.75, 3.05) is 18.2 Å². The molecule has 1 unspecified atom stereocenters. The second kappa shape index (κ2) is 11.1. The summed E-state index contributed by atoms with van der Waals surface area (Å²) in [5.41, 5.74) is 2.87. The molecule has 2 aromatic heterocycles. The highest BCUT2D eigenvalue weighted by Gasteiger charge is 2.19. The topological polar surface area (TPSA) is 82.2 Å². The summed E-state index contributed by atoms with van der Waals surface area (Å²) in [5, 5.41) is 12.4. The van der Waals surface area contributed by atoms with Gasteiger partial charge in [0.05, 0.1) is 31.2 Å². The number of para-hydroxylation sites is 1. The van der Waals surface area contributed by atoms with Crippen molar-refractivity contribution in [2.24, 2.45) is 0 Å². The number of anilines is 1. The maximum absolute atomic E-state index is 12.6. The standard InChI is InChI=1S/C26H28N4O3S/c1-4-18(2)19-11-13-20(14-12-19)27-24(31)17-34-26-29-28-25(22-9-5-6-10-23(22)32-3)30(26)16-21-8-7-15-33-21/h5-15,18H,4,16-17H2,1-3H3,(H,27,31). The Labute approximate surface area is 203 Å². The lowest BCUT2D eigenvalue weighted by molar-refractivity contribution is -0.113. The van der Waals surface area contributed by atoms with E-state index >= 15 is 0 Å². The van der Waals surface area contributed by atoms with Crippen LogP contribution in [-0.4, -0.2) is 33.5 Å². The van der Waals surface area contributed by atoms with Gasteiger partial charge in [-0.25, -0.2) is 0 Å². The van der Waals surface area contributed by atoms with Crippen LogP contribution in [-0.2, 0) is 11.3 Å². The SMILES string of the molecule is CCC(C)c1ccc(NC(=O)CSc2nnc(-c3ccccc3OC)n2Cc2ccco2)cc1. The lowest BCUT2D eigenvalue weighted by Crippen LogP contribution is -2.15. The van der Waals surface area contributed by atoms with Crippen LogP contribution >= 0.6 is 11.8 Å². The van der Waals surface area contributed by atoms with Crippen molar-refractivity contribution in [3.05, 3.63) is 78.3 Å². The zero-order valence-corrected chi connectivity index (χ0v) is 20.3. The molecule has 2 heterocycles. The van der Waals surface area contributed by atoms with E-state index in [1.165, 1.54) is 17.3 Å². The molecule has 7 nitrogen and oxygen atoms in total. The van der Waals surface area contributed by atoms with E-state index in [4.69, 9.17) is 9.15 Å². The summed E-state index contributed by atoms with van der Waals surface area (Å²) in [6.07, 6.45) is 2.72. The number of ether oxygens (including phenoxy) is 1. The van der Waals surface area contributed by atoms with Crippen LogP contribution in [0, 0.1) is 0 Å².